The van der Waals surface area contributed by atoms with Gasteiger partial charge in [0.1, 0.15) is 5.69 Å². The summed E-state index contributed by atoms with van der Waals surface area (Å²) in [5.74, 6) is -1.78. The second-order valence-electron chi connectivity index (χ2n) is 6.11. The van der Waals surface area contributed by atoms with E-state index in [-0.39, 0.29) is 17.9 Å². The normalized spacial score (nSPS) is 12.8. The number of hydrogen-bond acceptors (Lipinski definition) is 3. The van der Waals surface area contributed by atoms with Crippen LogP contribution in [0.25, 0.3) is 0 Å². The highest BCUT2D eigenvalue weighted by atomic mass is 16.4. The van der Waals surface area contributed by atoms with Gasteiger partial charge < -0.3 is 10.0 Å². The number of carboxylic acids is 1. The van der Waals surface area contributed by atoms with E-state index < -0.39 is 11.9 Å². The molecule has 1 rings (SSSR count). The van der Waals surface area contributed by atoms with Gasteiger partial charge in [-0.15, -0.1) is 0 Å². The molecule has 5 heteroatoms. The number of aromatic nitrogens is 1. The summed E-state index contributed by atoms with van der Waals surface area (Å²) in [6.07, 6.45) is 1.70. The van der Waals surface area contributed by atoms with Crippen LogP contribution >= 0.6 is 0 Å². The molecule has 0 aliphatic heterocycles. The largest absolute Gasteiger partial charge is 0.481 e. The van der Waals surface area contributed by atoms with E-state index in [0.717, 1.165) is 5.56 Å². The first-order valence-electron chi connectivity index (χ1n) is 6.57. The first kappa shape index (κ1) is 16.1. The quantitative estimate of drug-likeness (QED) is 0.916. The summed E-state index contributed by atoms with van der Waals surface area (Å²) in [7, 11) is 1.58. The van der Waals surface area contributed by atoms with Crippen molar-refractivity contribution in [3.63, 3.8) is 0 Å². The first-order valence-corrected chi connectivity index (χ1v) is 6.57. The highest BCUT2D eigenvalue weighted by Crippen LogP contribution is 2.21. The third-order valence-corrected chi connectivity index (χ3v) is 3.16. The SMILES string of the molecule is CC(CN(C)C(=O)c1ccc(C(C)(C)C)cn1)C(=O)O. The molecule has 0 aliphatic rings. The molecule has 0 fully saturated rings. The van der Waals surface area contributed by atoms with E-state index in [1.54, 1.807) is 26.2 Å². The van der Waals surface area contributed by atoms with Crippen LogP contribution in [0, 0.1) is 5.92 Å². The van der Waals surface area contributed by atoms with Crippen molar-refractivity contribution < 1.29 is 14.7 Å². The Labute approximate surface area is 119 Å². The minimum atomic E-state index is -0.916. The van der Waals surface area contributed by atoms with Gasteiger partial charge in [0, 0.05) is 19.8 Å². The van der Waals surface area contributed by atoms with E-state index in [2.05, 4.69) is 25.8 Å². The van der Waals surface area contributed by atoms with Gasteiger partial charge in [0.2, 0.25) is 0 Å². The third-order valence-electron chi connectivity index (χ3n) is 3.16. The fourth-order valence-electron chi connectivity index (χ4n) is 1.73. The number of aliphatic carboxylic acids is 1. The number of hydrogen-bond donors (Lipinski definition) is 1. The van der Waals surface area contributed by atoms with Crippen molar-refractivity contribution in [2.24, 2.45) is 5.92 Å². The molecule has 0 bridgehead atoms. The third kappa shape index (κ3) is 4.05. The summed E-state index contributed by atoms with van der Waals surface area (Å²) in [5, 5.41) is 8.86. The number of amides is 1. The molecule has 0 spiro atoms. The summed E-state index contributed by atoms with van der Waals surface area (Å²) >= 11 is 0. The Kier molecular flexibility index (Phi) is 4.87. The summed E-state index contributed by atoms with van der Waals surface area (Å²) < 4.78 is 0. The Bertz CT molecular complexity index is 489. The van der Waals surface area contributed by atoms with Gasteiger partial charge in [0.15, 0.2) is 0 Å². The molecule has 0 aliphatic carbocycles. The van der Waals surface area contributed by atoms with Crippen molar-refractivity contribution in [3.8, 4) is 0 Å². The van der Waals surface area contributed by atoms with Crippen molar-refractivity contribution in [2.75, 3.05) is 13.6 Å². The van der Waals surface area contributed by atoms with Crippen molar-refractivity contribution in [3.05, 3.63) is 29.6 Å². The van der Waals surface area contributed by atoms with E-state index in [1.165, 1.54) is 4.90 Å². The molecule has 1 aromatic heterocycles. The van der Waals surface area contributed by atoms with Gasteiger partial charge in [0.05, 0.1) is 5.92 Å². The van der Waals surface area contributed by atoms with Crippen LogP contribution in [-0.4, -0.2) is 40.5 Å². The molecule has 5 nitrogen and oxygen atoms in total. The molecule has 1 N–H and O–H groups in total. The maximum absolute atomic E-state index is 12.1. The van der Waals surface area contributed by atoms with Crippen LogP contribution in [0.15, 0.2) is 18.3 Å². The van der Waals surface area contributed by atoms with Crippen LogP contribution in [0.1, 0.15) is 43.7 Å². The second-order valence-corrected chi connectivity index (χ2v) is 6.11. The van der Waals surface area contributed by atoms with Gasteiger partial charge in [0.25, 0.3) is 5.91 Å². The molecule has 1 amide bonds. The summed E-state index contributed by atoms with van der Waals surface area (Å²) in [6.45, 7) is 7.96. The van der Waals surface area contributed by atoms with Crippen LogP contribution in [-0.2, 0) is 10.2 Å². The molecule has 1 atom stereocenters. The predicted octanol–water partition coefficient (Wildman–Crippen LogP) is 2.17. The van der Waals surface area contributed by atoms with Gasteiger partial charge >= 0.3 is 5.97 Å². The molecule has 1 heterocycles. The van der Waals surface area contributed by atoms with Crippen molar-refractivity contribution in [1.29, 1.82) is 0 Å². The minimum Gasteiger partial charge on any atom is -0.481 e. The highest BCUT2D eigenvalue weighted by molar-refractivity contribution is 5.92. The lowest BCUT2D eigenvalue weighted by atomic mass is 9.88. The Balaban J connectivity index is 2.80. The van der Waals surface area contributed by atoms with Gasteiger partial charge in [-0.25, -0.2) is 0 Å². The van der Waals surface area contributed by atoms with Gasteiger partial charge in [-0.05, 0) is 17.0 Å². The maximum Gasteiger partial charge on any atom is 0.308 e. The van der Waals surface area contributed by atoms with Crippen molar-refractivity contribution in [2.45, 2.75) is 33.1 Å². The van der Waals surface area contributed by atoms with Gasteiger partial charge in [-0.1, -0.05) is 33.8 Å². The molecule has 0 aromatic carbocycles. The molecule has 0 saturated carbocycles. The van der Waals surface area contributed by atoms with Gasteiger partial charge in [-0.2, -0.15) is 0 Å². The van der Waals surface area contributed by atoms with Crippen LogP contribution < -0.4 is 0 Å². The van der Waals surface area contributed by atoms with E-state index in [0.29, 0.717) is 5.69 Å². The molecular formula is C15H22N2O3. The first-order chi connectivity index (χ1) is 9.12. The monoisotopic (exact) mass is 278 g/mol. The minimum absolute atomic E-state index is 0.0156. The van der Waals surface area contributed by atoms with Crippen LogP contribution in [0.2, 0.25) is 0 Å². The fourth-order valence-corrected chi connectivity index (χ4v) is 1.73. The smallest absolute Gasteiger partial charge is 0.308 e. The summed E-state index contributed by atoms with van der Waals surface area (Å²) in [5.41, 5.74) is 1.37. The Morgan fingerprint density at radius 2 is 1.95 bits per heavy atom. The Morgan fingerprint density at radius 3 is 2.35 bits per heavy atom. The average Bonchev–Trinajstić information content (AvgIpc) is 2.36. The summed E-state index contributed by atoms with van der Waals surface area (Å²) in [4.78, 5) is 28.5. The van der Waals surface area contributed by atoms with Crippen molar-refractivity contribution >= 4 is 11.9 Å². The topological polar surface area (TPSA) is 70.5 Å². The van der Waals surface area contributed by atoms with E-state index in [1.807, 2.05) is 6.07 Å². The predicted molar refractivity (Wildman–Crippen MR) is 76.7 cm³/mol. The molecule has 0 saturated heterocycles. The van der Waals surface area contributed by atoms with Gasteiger partial charge in [-0.3, -0.25) is 14.6 Å². The van der Waals surface area contributed by atoms with E-state index >= 15 is 0 Å². The average molecular weight is 278 g/mol. The number of carbonyl (C=O) groups excluding carboxylic acids is 1. The summed E-state index contributed by atoms with van der Waals surface area (Å²) in [6, 6.07) is 3.57. The Morgan fingerprint density at radius 1 is 1.35 bits per heavy atom. The molecule has 110 valence electrons. The zero-order valence-corrected chi connectivity index (χ0v) is 12.7. The van der Waals surface area contributed by atoms with Crippen molar-refractivity contribution in [1.82, 2.24) is 9.88 Å². The van der Waals surface area contributed by atoms with E-state index in [9.17, 15) is 9.59 Å². The molecule has 20 heavy (non-hydrogen) atoms. The number of rotatable bonds is 4. The Hall–Kier alpha value is -1.91. The van der Waals surface area contributed by atoms with Crippen LogP contribution in [0.5, 0.6) is 0 Å². The number of carboxylic acid groups (broad SMARTS) is 1. The lowest BCUT2D eigenvalue weighted by Gasteiger charge is -2.21. The molecule has 1 unspecified atom stereocenters. The highest BCUT2D eigenvalue weighted by Gasteiger charge is 2.20. The van der Waals surface area contributed by atoms with Crippen LogP contribution in [0.4, 0.5) is 0 Å². The molecule has 0 radical (unpaired) electrons. The number of nitrogens with zero attached hydrogens (tertiary/aromatic N) is 2. The zero-order chi connectivity index (χ0) is 15.5. The zero-order valence-electron chi connectivity index (χ0n) is 12.7. The number of carbonyl (C=O) groups is 2. The fraction of sp³-hybridized carbons (Fsp3) is 0.533. The molecule has 1 aromatic rings. The van der Waals surface area contributed by atoms with E-state index in [4.69, 9.17) is 5.11 Å². The standard InChI is InChI=1S/C15H22N2O3/c1-10(14(19)20)9-17(5)13(18)12-7-6-11(8-16-12)15(2,3)4/h6-8,10H,9H2,1-5H3,(H,19,20). The maximum atomic E-state index is 12.1. The lowest BCUT2D eigenvalue weighted by Crippen LogP contribution is -2.34. The molecular weight excluding hydrogens is 256 g/mol. The number of pyridine rings is 1. The second kappa shape index (κ2) is 6.03. The van der Waals surface area contributed by atoms with Crippen LogP contribution in [0.3, 0.4) is 0 Å². The lowest BCUT2D eigenvalue weighted by molar-refractivity contribution is -0.141.